The number of likely N-dealkylation sites (N-methyl/N-ethyl adjacent to an activating group) is 1. The molecular weight excluding hydrogens is 504 g/mol. The molecule has 7 heteroatoms. The van der Waals surface area contributed by atoms with Crippen LogP contribution in [0.3, 0.4) is 0 Å². The number of fused-ring (bicyclic) bond motifs is 2. The molecule has 1 saturated heterocycles. The van der Waals surface area contributed by atoms with Gasteiger partial charge in [0.1, 0.15) is 0 Å². The number of aromatic nitrogens is 2. The van der Waals surface area contributed by atoms with Crippen LogP contribution in [0.5, 0.6) is 0 Å². The van der Waals surface area contributed by atoms with Crippen LogP contribution in [-0.2, 0) is 12.0 Å². The van der Waals surface area contributed by atoms with Crippen molar-refractivity contribution in [2.24, 2.45) is 5.92 Å². The molecule has 1 N–H and O–H groups in total. The van der Waals surface area contributed by atoms with Crippen molar-refractivity contribution in [3.8, 4) is 0 Å². The molecule has 2 aliphatic carbocycles. The van der Waals surface area contributed by atoms with E-state index in [4.69, 9.17) is 16.6 Å². The van der Waals surface area contributed by atoms with Gasteiger partial charge in [-0.05, 0) is 107 Å². The van der Waals surface area contributed by atoms with Gasteiger partial charge in [0.25, 0.3) is 0 Å². The van der Waals surface area contributed by atoms with Crippen LogP contribution < -0.4 is 4.90 Å². The van der Waals surface area contributed by atoms with Gasteiger partial charge in [0, 0.05) is 50.3 Å². The molecule has 3 fully saturated rings. The molecule has 6 rings (SSSR count). The van der Waals surface area contributed by atoms with Crippen molar-refractivity contribution in [3.05, 3.63) is 58.1 Å². The second kappa shape index (κ2) is 11.0. The van der Waals surface area contributed by atoms with E-state index in [2.05, 4.69) is 83.0 Å². The molecular formula is C32H45ClN6. The molecule has 3 aromatic rings. The SMILES string of the molecule is Cc1cc2[nH]c(N(CCCN3CCN(C)CC3)[C@@H]3CC[C@]4(c5cccc(CN(C)C)c5)CC4C3)nc2cc1Cl. The average molecular weight is 549 g/mol. The predicted octanol–water partition coefficient (Wildman–Crippen LogP) is 5.54. The second-order valence-electron chi connectivity index (χ2n) is 12.8. The summed E-state index contributed by atoms with van der Waals surface area (Å²) >= 11 is 6.46. The lowest BCUT2D eigenvalue weighted by atomic mass is 9.80. The second-order valence-corrected chi connectivity index (χ2v) is 13.2. The van der Waals surface area contributed by atoms with Gasteiger partial charge in [-0.2, -0.15) is 0 Å². The molecule has 210 valence electrons. The maximum Gasteiger partial charge on any atom is 0.204 e. The van der Waals surface area contributed by atoms with Crippen LogP contribution in [0.25, 0.3) is 11.0 Å². The molecule has 3 atom stereocenters. The summed E-state index contributed by atoms with van der Waals surface area (Å²) in [4.78, 5) is 18.7. The quantitative estimate of drug-likeness (QED) is 0.380. The van der Waals surface area contributed by atoms with E-state index in [0.717, 1.165) is 53.1 Å². The molecule has 0 bridgehead atoms. The number of imidazole rings is 1. The summed E-state index contributed by atoms with van der Waals surface area (Å²) in [7, 11) is 6.54. The fraction of sp³-hybridized carbons (Fsp3) is 0.594. The van der Waals surface area contributed by atoms with Crippen molar-refractivity contribution >= 4 is 28.6 Å². The Morgan fingerprint density at radius 3 is 2.72 bits per heavy atom. The molecule has 2 heterocycles. The van der Waals surface area contributed by atoms with E-state index in [1.807, 2.05) is 6.07 Å². The van der Waals surface area contributed by atoms with Gasteiger partial charge in [-0.25, -0.2) is 4.98 Å². The summed E-state index contributed by atoms with van der Waals surface area (Å²) in [6.45, 7) is 9.99. The van der Waals surface area contributed by atoms with Crippen LogP contribution >= 0.6 is 11.6 Å². The summed E-state index contributed by atoms with van der Waals surface area (Å²) in [5.74, 6) is 1.79. The smallest absolute Gasteiger partial charge is 0.204 e. The molecule has 1 aromatic heterocycles. The van der Waals surface area contributed by atoms with E-state index >= 15 is 0 Å². The Morgan fingerprint density at radius 1 is 1.13 bits per heavy atom. The Labute approximate surface area is 239 Å². The van der Waals surface area contributed by atoms with Crippen LogP contribution in [-0.4, -0.2) is 91.1 Å². The zero-order valence-electron chi connectivity index (χ0n) is 24.2. The molecule has 0 spiro atoms. The maximum absolute atomic E-state index is 6.46. The van der Waals surface area contributed by atoms with Gasteiger partial charge in [0.05, 0.1) is 11.0 Å². The largest absolute Gasteiger partial charge is 0.339 e. The average Bonchev–Trinajstić information content (AvgIpc) is 3.53. The fourth-order valence-electron chi connectivity index (χ4n) is 7.25. The van der Waals surface area contributed by atoms with Crippen LogP contribution in [0.15, 0.2) is 36.4 Å². The molecule has 6 nitrogen and oxygen atoms in total. The third kappa shape index (κ3) is 5.72. The third-order valence-electron chi connectivity index (χ3n) is 9.64. The topological polar surface area (TPSA) is 41.6 Å². The van der Waals surface area contributed by atoms with Crippen molar-refractivity contribution in [2.75, 3.05) is 65.3 Å². The number of H-pyrrole nitrogens is 1. The van der Waals surface area contributed by atoms with Crippen LogP contribution in [0, 0.1) is 12.8 Å². The van der Waals surface area contributed by atoms with Gasteiger partial charge in [-0.3, -0.25) is 0 Å². The minimum Gasteiger partial charge on any atom is -0.339 e. The predicted molar refractivity (Wildman–Crippen MR) is 163 cm³/mol. The van der Waals surface area contributed by atoms with Crippen molar-refractivity contribution in [1.29, 1.82) is 0 Å². The molecule has 0 amide bonds. The van der Waals surface area contributed by atoms with E-state index in [-0.39, 0.29) is 0 Å². The highest BCUT2D eigenvalue weighted by Crippen LogP contribution is 2.63. The summed E-state index contributed by atoms with van der Waals surface area (Å²) < 4.78 is 0. The lowest BCUT2D eigenvalue weighted by Gasteiger charge is -2.38. The number of hydrogen-bond donors (Lipinski definition) is 1. The Kier molecular flexibility index (Phi) is 7.66. The first-order chi connectivity index (χ1) is 18.8. The summed E-state index contributed by atoms with van der Waals surface area (Å²) in [6, 6.07) is 14.1. The molecule has 1 unspecified atom stereocenters. The number of anilines is 1. The number of nitrogens with zero attached hydrogens (tertiary/aromatic N) is 5. The molecule has 0 radical (unpaired) electrons. The Morgan fingerprint density at radius 2 is 1.95 bits per heavy atom. The van der Waals surface area contributed by atoms with Crippen molar-refractivity contribution in [2.45, 2.75) is 57.0 Å². The Hall–Kier alpha value is -2.12. The van der Waals surface area contributed by atoms with Crippen molar-refractivity contribution < 1.29 is 0 Å². The molecule has 2 saturated carbocycles. The van der Waals surface area contributed by atoms with Crippen molar-refractivity contribution in [1.82, 2.24) is 24.7 Å². The van der Waals surface area contributed by atoms with Crippen LogP contribution in [0.4, 0.5) is 5.95 Å². The summed E-state index contributed by atoms with van der Waals surface area (Å²) in [6.07, 6.45) is 6.25. The highest BCUT2D eigenvalue weighted by atomic mass is 35.5. The highest BCUT2D eigenvalue weighted by Gasteiger charge is 2.58. The number of benzene rings is 2. The molecule has 3 aliphatic rings. The van der Waals surface area contributed by atoms with Gasteiger partial charge >= 0.3 is 0 Å². The van der Waals surface area contributed by atoms with E-state index in [1.165, 1.54) is 63.8 Å². The third-order valence-corrected chi connectivity index (χ3v) is 10.1. The summed E-state index contributed by atoms with van der Waals surface area (Å²) in [5, 5.41) is 0.791. The Balaban J connectivity index is 1.19. The van der Waals surface area contributed by atoms with Crippen LogP contribution in [0.2, 0.25) is 5.02 Å². The zero-order valence-corrected chi connectivity index (χ0v) is 25.0. The fourth-order valence-corrected chi connectivity index (χ4v) is 7.41. The monoisotopic (exact) mass is 548 g/mol. The first-order valence-corrected chi connectivity index (χ1v) is 15.3. The minimum absolute atomic E-state index is 0.392. The van der Waals surface area contributed by atoms with E-state index in [0.29, 0.717) is 11.5 Å². The van der Waals surface area contributed by atoms with Gasteiger partial charge in [0.15, 0.2) is 0 Å². The standard InChI is InChI=1S/C32H45ClN6/c1-23-17-29-30(20-28(23)33)35-31(34-29)39(12-6-11-38-15-13-37(4)14-16-38)27-9-10-32(21-26(32)19-27)25-8-5-7-24(18-25)22-36(2)3/h5,7-8,17-18,20,26-27H,6,9-16,19,21-22H2,1-4H3,(H,34,35)/t26?,27-,32-/m1/s1. The number of piperazine rings is 1. The number of rotatable bonds is 9. The number of halogens is 1. The van der Waals surface area contributed by atoms with E-state index in [1.54, 1.807) is 5.56 Å². The zero-order chi connectivity index (χ0) is 27.1. The van der Waals surface area contributed by atoms with E-state index < -0.39 is 0 Å². The lowest BCUT2D eigenvalue weighted by molar-refractivity contribution is 0.153. The normalized spacial score (nSPS) is 25.8. The Bertz CT molecular complexity index is 1260. The minimum atomic E-state index is 0.392. The number of aromatic amines is 1. The van der Waals surface area contributed by atoms with Crippen LogP contribution in [0.1, 0.15) is 48.8 Å². The van der Waals surface area contributed by atoms with E-state index in [9.17, 15) is 0 Å². The van der Waals surface area contributed by atoms with Gasteiger partial charge < -0.3 is 24.6 Å². The molecule has 2 aromatic carbocycles. The van der Waals surface area contributed by atoms with Gasteiger partial charge in [-0.15, -0.1) is 0 Å². The summed E-state index contributed by atoms with van der Waals surface area (Å²) in [5.41, 5.74) is 6.55. The van der Waals surface area contributed by atoms with Gasteiger partial charge in [0.2, 0.25) is 5.95 Å². The lowest BCUT2D eigenvalue weighted by Crippen LogP contribution is -2.46. The molecule has 39 heavy (non-hydrogen) atoms. The maximum atomic E-state index is 6.46. The highest BCUT2D eigenvalue weighted by molar-refractivity contribution is 6.32. The first kappa shape index (κ1) is 27.1. The van der Waals surface area contributed by atoms with Gasteiger partial charge in [-0.1, -0.05) is 35.9 Å². The number of hydrogen-bond acceptors (Lipinski definition) is 5. The number of nitrogens with one attached hydrogen (secondary N) is 1. The van der Waals surface area contributed by atoms with Crippen molar-refractivity contribution in [3.63, 3.8) is 0 Å². The first-order valence-electron chi connectivity index (χ1n) is 14.9. The molecule has 1 aliphatic heterocycles. The number of aryl methyl sites for hydroxylation is 1.